The molecule has 1 aliphatic rings. The van der Waals surface area contributed by atoms with E-state index in [0.29, 0.717) is 5.13 Å². The van der Waals surface area contributed by atoms with E-state index in [2.05, 4.69) is 27.4 Å². The number of nitrogens with one attached hydrogen (secondary N) is 1. The first kappa shape index (κ1) is 19.5. The molecule has 2 aromatic heterocycles. The van der Waals surface area contributed by atoms with E-state index < -0.39 is 0 Å². The molecule has 1 saturated heterocycles. The maximum atomic E-state index is 12.0. The summed E-state index contributed by atoms with van der Waals surface area (Å²) >= 11 is 1.47. The second-order valence-corrected chi connectivity index (χ2v) is 8.61. The minimum atomic E-state index is -0.119. The number of amides is 2. The predicted molar refractivity (Wildman–Crippen MR) is 116 cm³/mol. The number of hydrogen-bond acceptors (Lipinski definition) is 5. The smallest absolute Gasteiger partial charge is 0.225 e. The molecule has 0 bridgehead atoms. The summed E-state index contributed by atoms with van der Waals surface area (Å²) in [5.41, 5.74) is 4.18. The summed E-state index contributed by atoms with van der Waals surface area (Å²) in [5.74, 6) is 0.340. The van der Waals surface area contributed by atoms with Crippen molar-refractivity contribution < 1.29 is 9.59 Å². The van der Waals surface area contributed by atoms with Gasteiger partial charge in [-0.2, -0.15) is 0 Å². The molecule has 3 aromatic rings. The fraction of sp³-hybridized carbons (Fsp3) is 0.364. The van der Waals surface area contributed by atoms with Crippen LogP contribution in [0, 0.1) is 5.92 Å². The van der Waals surface area contributed by atoms with Crippen LogP contribution in [0.5, 0.6) is 0 Å². The zero-order valence-electron chi connectivity index (χ0n) is 16.6. The summed E-state index contributed by atoms with van der Waals surface area (Å²) < 4.78 is 1.03. The van der Waals surface area contributed by atoms with E-state index >= 15 is 0 Å². The van der Waals surface area contributed by atoms with Gasteiger partial charge in [-0.25, -0.2) is 4.98 Å². The van der Waals surface area contributed by atoms with E-state index in [1.54, 1.807) is 0 Å². The normalized spacial score (nSPS) is 16.6. The lowest BCUT2D eigenvalue weighted by Crippen LogP contribution is -2.28. The zero-order chi connectivity index (χ0) is 20.4. The number of fused-ring (bicyclic) bond motifs is 1. The van der Waals surface area contributed by atoms with Gasteiger partial charge >= 0.3 is 0 Å². The van der Waals surface area contributed by atoms with E-state index in [4.69, 9.17) is 0 Å². The molecule has 3 heterocycles. The average Bonchev–Trinajstić information content (AvgIpc) is 3.24. The van der Waals surface area contributed by atoms with Gasteiger partial charge in [0.1, 0.15) is 0 Å². The Balaban J connectivity index is 1.45. The molecule has 1 unspecified atom stereocenters. The van der Waals surface area contributed by atoms with Crippen molar-refractivity contribution in [3.8, 4) is 11.1 Å². The first-order valence-electron chi connectivity index (χ1n) is 9.91. The Morgan fingerprint density at radius 1 is 1.28 bits per heavy atom. The Labute approximate surface area is 174 Å². The molecule has 1 atom stereocenters. The van der Waals surface area contributed by atoms with Gasteiger partial charge in [-0.05, 0) is 48.6 Å². The number of carbonyl (C=O) groups excluding carboxylic acids is 2. The third-order valence-electron chi connectivity index (χ3n) is 5.26. The fourth-order valence-corrected chi connectivity index (χ4v) is 4.63. The second-order valence-electron chi connectivity index (χ2n) is 7.58. The minimum absolute atomic E-state index is 0.119. The van der Waals surface area contributed by atoms with Crippen molar-refractivity contribution in [3.63, 3.8) is 0 Å². The highest BCUT2D eigenvalue weighted by Crippen LogP contribution is 2.30. The van der Waals surface area contributed by atoms with Gasteiger partial charge in [0.25, 0.3) is 0 Å². The quantitative estimate of drug-likeness (QED) is 0.666. The summed E-state index contributed by atoms with van der Waals surface area (Å²) in [6.45, 7) is 5.18. The molecule has 1 fully saturated rings. The molecule has 1 aliphatic heterocycles. The number of likely N-dealkylation sites (tertiary alicyclic amines) is 1. The first-order valence-corrected chi connectivity index (χ1v) is 10.7. The Hall–Kier alpha value is -2.80. The number of carbonyl (C=O) groups is 2. The molecule has 0 radical (unpaired) electrons. The highest BCUT2D eigenvalue weighted by molar-refractivity contribution is 7.22. The maximum absolute atomic E-state index is 12.0. The summed E-state index contributed by atoms with van der Waals surface area (Å²) in [6.07, 6.45) is 6.58. The average molecular weight is 409 g/mol. The molecule has 7 heteroatoms. The molecule has 6 nitrogen and oxygen atoms in total. The van der Waals surface area contributed by atoms with E-state index in [1.807, 2.05) is 36.4 Å². The third kappa shape index (κ3) is 4.45. The van der Waals surface area contributed by atoms with Gasteiger partial charge in [-0.3, -0.25) is 14.6 Å². The predicted octanol–water partition coefficient (Wildman–Crippen LogP) is 4.12. The van der Waals surface area contributed by atoms with Gasteiger partial charge in [0.2, 0.25) is 11.8 Å². The van der Waals surface area contributed by atoms with Crippen LogP contribution in [0.15, 0.2) is 36.7 Å². The monoisotopic (exact) mass is 408 g/mol. The van der Waals surface area contributed by atoms with Gasteiger partial charge in [0.15, 0.2) is 5.13 Å². The van der Waals surface area contributed by atoms with Crippen molar-refractivity contribution in [1.82, 2.24) is 14.9 Å². The first-order chi connectivity index (χ1) is 14.0. The molecule has 29 heavy (non-hydrogen) atoms. The summed E-state index contributed by atoms with van der Waals surface area (Å²) in [5, 5.41) is 3.36. The molecule has 4 rings (SSSR count). The van der Waals surface area contributed by atoms with Gasteiger partial charge in [-0.15, -0.1) is 0 Å². The third-order valence-corrected chi connectivity index (χ3v) is 6.19. The van der Waals surface area contributed by atoms with Crippen molar-refractivity contribution in [2.24, 2.45) is 5.92 Å². The lowest BCUT2D eigenvalue weighted by Gasteiger charge is -2.15. The number of nitrogens with zero attached hydrogens (tertiary/aromatic N) is 3. The van der Waals surface area contributed by atoms with Crippen LogP contribution in [0.2, 0.25) is 0 Å². The Kier molecular flexibility index (Phi) is 5.58. The number of rotatable bonds is 6. The number of thiazole rings is 1. The molecule has 150 valence electrons. The highest BCUT2D eigenvalue weighted by Gasteiger charge is 2.26. The van der Waals surface area contributed by atoms with Gasteiger partial charge in [0, 0.05) is 43.9 Å². The highest BCUT2D eigenvalue weighted by atomic mass is 32.1. The number of hydrogen-bond donors (Lipinski definition) is 1. The lowest BCUT2D eigenvalue weighted by atomic mass is 10.0. The molecule has 1 N–H and O–H groups in total. The Morgan fingerprint density at radius 2 is 2.14 bits per heavy atom. The standard InChI is InChI=1S/C22H24N4O2S/c1-14-7-9-26(21(14)28)8-3-4-16-10-18(13-23-12-16)17-5-6-19-20(11-17)29-22(25-19)24-15(2)27/h5-6,10-14H,3-4,7-9H2,1-2H3,(H,24,25,27). The molecule has 1 aromatic carbocycles. The molecular formula is C22H24N4O2S. The second kappa shape index (κ2) is 8.29. The molecular weight excluding hydrogens is 384 g/mol. The minimum Gasteiger partial charge on any atom is -0.342 e. The molecule has 0 aliphatic carbocycles. The number of aromatic nitrogens is 2. The topological polar surface area (TPSA) is 75.2 Å². The summed E-state index contributed by atoms with van der Waals surface area (Å²) in [4.78, 5) is 34.1. The molecule has 0 spiro atoms. The van der Waals surface area contributed by atoms with Gasteiger partial charge in [-0.1, -0.05) is 24.3 Å². The van der Waals surface area contributed by atoms with Crippen LogP contribution in [0.1, 0.15) is 32.3 Å². The summed E-state index contributed by atoms with van der Waals surface area (Å²) in [7, 11) is 0. The van der Waals surface area contributed by atoms with Gasteiger partial charge in [0.05, 0.1) is 10.2 Å². The van der Waals surface area contributed by atoms with Crippen LogP contribution in [-0.2, 0) is 16.0 Å². The van der Waals surface area contributed by atoms with E-state index in [1.165, 1.54) is 23.8 Å². The fourth-order valence-electron chi connectivity index (χ4n) is 3.68. The number of anilines is 1. The van der Waals surface area contributed by atoms with E-state index in [-0.39, 0.29) is 17.7 Å². The summed E-state index contributed by atoms with van der Waals surface area (Å²) in [6, 6.07) is 8.26. The largest absolute Gasteiger partial charge is 0.342 e. The lowest BCUT2D eigenvalue weighted by molar-refractivity contribution is -0.130. The van der Waals surface area contributed by atoms with Crippen molar-refractivity contribution in [1.29, 1.82) is 0 Å². The molecule has 2 amide bonds. The van der Waals surface area contributed by atoms with Crippen LogP contribution < -0.4 is 5.32 Å². The van der Waals surface area contributed by atoms with Crippen LogP contribution in [-0.4, -0.2) is 39.8 Å². The van der Waals surface area contributed by atoms with E-state index in [9.17, 15) is 9.59 Å². The van der Waals surface area contributed by atoms with Crippen LogP contribution in [0.25, 0.3) is 21.3 Å². The van der Waals surface area contributed by atoms with Crippen molar-refractivity contribution in [2.45, 2.75) is 33.1 Å². The van der Waals surface area contributed by atoms with Gasteiger partial charge < -0.3 is 10.2 Å². The maximum Gasteiger partial charge on any atom is 0.225 e. The van der Waals surface area contributed by atoms with Crippen LogP contribution in [0.4, 0.5) is 5.13 Å². The van der Waals surface area contributed by atoms with E-state index in [0.717, 1.165) is 53.7 Å². The Bertz CT molecular complexity index is 1060. The van der Waals surface area contributed by atoms with Crippen molar-refractivity contribution >= 4 is 38.5 Å². The number of pyridine rings is 1. The molecule has 0 saturated carbocycles. The Morgan fingerprint density at radius 3 is 2.90 bits per heavy atom. The van der Waals surface area contributed by atoms with Crippen LogP contribution in [0.3, 0.4) is 0 Å². The van der Waals surface area contributed by atoms with Crippen molar-refractivity contribution in [2.75, 3.05) is 18.4 Å². The number of benzene rings is 1. The zero-order valence-corrected chi connectivity index (χ0v) is 17.5. The van der Waals surface area contributed by atoms with Crippen molar-refractivity contribution in [3.05, 3.63) is 42.2 Å². The SMILES string of the molecule is CC(=O)Nc1nc2ccc(-c3cncc(CCCN4CCC(C)C4=O)c3)cc2s1. The van der Waals surface area contributed by atoms with Crippen LogP contribution >= 0.6 is 11.3 Å². The number of aryl methyl sites for hydroxylation is 1.